The van der Waals surface area contributed by atoms with Gasteiger partial charge in [0.25, 0.3) is 5.91 Å². The maximum Gasteiger partial charge on any atom is 0.573 e. The second-order valence-electron chi connectivity index (χ2n) is 5.74. The monoisotopic (exact) mass is 412 g/mol. The molecule has 150 valence electrons. The molecule has 1 atom stereocenters. The number of rotatable bonds is 8. The van der Waals surface area contributed by atoms with E-state index in [1.165, 1.54) is 23.9 Å². The van der Waals surface area contributed by atoms with Gasteiger partial charge in [-0.3, -0.25) is 9.59 Å². The molecule has 28 heavy (non-hydrogen) atoms. The maximum absolute atomic E-state index is 12.6. The summed E-state index contributed by atoms with van der Waals surface area (Å²) in [5.41, 5.74) is 0.542. The van der Waals surface area contributed by atoms with E-state index < -0.39 is 30.0 Å². The number of anilines is 1. The molecule has 0 aliphatic heterocycles. The number of thioether (sulfide) groups is 1. The van der Waals surface area contributed by atoms with Crippen molar-refractivity contribution in [1.29, 1.82) is 0 Å². The molecule has 0 aromatic heterocycles. The lowest BCUT2D eigenvalue weighted by Crippen LogP contribution is -2.44. The zero-order chi connectivity index (χ0) is 20.6. The third-order valence-corrected chi connectivity index (χ3v) is 4.25. The van der Waals surface area contributed by atoms with E-state index in [1.807, 2.05) is 6.26 Å². The van der Waals surface area contributed by atoms with Crippen molar-refractivity contribution in [2.24, 2.45) is 0 Å². The van der Waals surface area contributed by atoms with Gasteiger partial charge in [0.05, 0.1) is 0 Å². The Morgan fingerprint density at radius 2 is 1.82 bits per heavy atom. The van der Waals surface area contributed by atoms with Gasteiger partial charge in [-0.2, -0.15) is 11.8 Å². The van der Waals surface area contributed by atoms with Crippen molar-refractivity contribution >= 4 is 29.3 Å². The number of alkyl halides is 3. The first-order chi connectivity index (χ1) is 13.3. The summed E-state index contributed by atoms with van der Waals surface area (Å²) in [6, 6.07) is 12.5. The summed E-state index contributed by atoms with van der Waals surface area (Å²) in [6.45, 7) is 0. The molecule has 2 rings (SSSR count). The molecule has 2 N–H and O–H groups in total. The molecular weight excluding hydrogens is 393 g/mol. The second kappa shape index (κ2) is 10.0. The molecule has 0 aliphatic rings. The minimum Gasteiger partial charge on any atom is -0.406 e. The zero-order valence-corrected chi connectivity index (χ0v) is 15.8. The van der Waals surface area contributed by atoms with E-state index in [1.54, 1.807) is 30.3 Å². The average Bonchev–Trinajstić information content (AvgIpc) is 2.64. The van der Waals surface area contributed by atoms with Crippen molar-refractivity contribution < 1.29 is 27.5 Å². The van der Waals surface area contributed by atoms with E-state index in [4.69, 9.17) is 0 Å². The van der Waals surface area contributed by atoms with Crippen LogP contribution in [-0.4, -0.2) is 36.2 Å². The maximum atomic E-state index is 12.6. The Morgan fingerprint density at radius 3 is 2.46 bits per heavy atom. The molecule has 2 aromatic carbocycles. The quantitative estimate of drug-likeness (QED) is 0.686. The van der Waals surface area contributed by atoms with Crippen molar-refractivity contribution in [3.63, 3.8) is 0 Å². The third-order valence-electron chi connectivity index (χ3n) is 3.60. The first-order valence-corrected chi connectivity index (χ1v) is 9.69. The van der Waals surface area contributed by atoms with Crippen LogP contribution in [0.15, 0.2) is 54.6 Å². The summed E-state index contributed by atoms with van der Waals surface area (Å²) < 4.78 is 40.9. The van der Waals surface area contributed by atoms with E-state index in [9.17, 15) is 22.8 Å². The van der Waals surface area contributed by atoms with E-state index in [-0.39, 0.29) is 5.69 Å². The molecule has 0 aliphatic carbocycles. The molecule has 0 radical (unpaired) electrons. The Hall–Kier alpha value is -2.68. The molecule has 0 bridgehead atoms. The van der Waals surface area contributed by atoms with Gasteiger partial charge in [-0.25, -0.2) is 0 Å². The SMILES string of the molecule is CSCCC(NC(=O)c1ccccc1)C(=O)Nc1cccc(OC(F)(F)F)c1. The fraction of sp³-hybridized carbons (Fsp3) is 0.263. The first-order valence-electron chi connectivity index (χ1n) is 8.30. The predicted octanol–water partition coefficient (Wildman–Crippen LogP) is 4.08. The van der Waals surface area contributed by atoms with E-state index in [0.29, 0.717) is 17.7 Å². The van der Waals surface area contributed by atoms with Gasteiger partial charge < -0.3 is 15.4 Å². The fourth-order valence-electron chi connectivity index (χ4n) is 2.34. The van der Waals surface area contributed by atoms with Gasteiger partial charge in [-0.1, -0.05) is 24.3 Å². The zero-order valence-electron chi connectivity index (χ0n) is 15.0. The van der Waals surface area contributed by atoms with E-state index in [2.05, 4.69) is 15.4 Å². The van der Waals surface area contributed by atoms with Crippen LogP contribution in [0.2, 0.25) is 0 Å². The number of carbonyl (C=O) groups excluding carboxylic acids is 2. The summed E-state index contributed by atoms with van der Waals surface area (Å²) in [7, 11) is 0. The highest BCUT2D eigenvalue weighted by Crippen LogP contribution is 2.25. The topological polar surface area (TPSA) is 67.4 Å². The number of hydrogen-bond acceptors (Lipinski definition) is 4. The number of halogens is 3. The van der Waals surface area contributed by atoms with Crippen molar-refractivity contribution in [3.05, 3.63) is 60.2 Å². The summed E-state index contributed by atoms with van der Waals surface area (Å²) in [5, 5.41) is 5.19. The molecule has 2 amide bonds. The minimum atomic E-state index is -4.83. The van der Waals surface area contributed by atoms with Crippen LogP contribution in [0.5, 0.6) is 5.75 Å². The highest BCUT2D eigenvalue weighted by atomic mass is 32.2. The highest BCUT2D eigenvalue weighted by molar-refractivity contribution is 7.98. The Balaban J connectivity index is 2.08. The molecule has 0 saturated carbocycles. The summed E-state index contributed by atoms with van der Waals surface area (Å²) in [6.07, 6.45) is -2.59. The molecule has 5 nitrogen and oxygen atoms in total. The van der Waals surface area contributed by atoms with Crippen LogP contribution in [0.3, 0.4) is 0 Å². The predicted molar refractivity (Wildman–Crippen MR) is 102 cm³/mol. The van der Waals surface area contributed by atoms with Crippen LogP contribution >= 0.6 is 11.8 Å². The minimum absolute atomic E-state index is 0.134. The normalized spacial score (nSPS) is 12.1. The summed E-state index contributed by atoms with van der Waals surface area (Å²) in [4.78, 5) is 24.9. The van der Waals surface area contributed by atoms with Crippen molar-refractivity contribution in [2.75, 3.05) is 17.3 Å². The van der Waals surface area contributed by atoms with Gasteiger partial charge in [0.15, 0.2) is 0 Å². The summed E-state index contributed by atoms with van der Waals surface area (Å²) in [5.74, 6) is -0.762. The lowest BCUT2D eigenvalue weighted by molar-refractivity contribution is -0.274. The van der Waals surface area contributed by atoms with Gasteiger partial charge in [0.1, 0.15) is 11.8 Å². The molecule has 0 heterocycles. The van der Waals surface area contributed by atoms with Gasteiger partial charge in [0.2, 0.25) is 5.91 Å². The fourth-order valence-corrected chi connectivity index (χ4v) is 2.81. The second-order valence-corrected chi connectivity index (χ2v) is 6.72. The Morgan fingerprint density at radius 1 is 1.11 bits per heavy atom. The van der Waals surface area contributed by atoms with Crippen molar-refractivity contribution in [2.45, 2.75) is 18.8 Å². The number of benzene rings is 2. The highest BCUT2D eigenvalue weighted by Gasteiger charge is 2.31. The number of carbonyl (C=O) groups is 2. The smallest absolute Gasteiger partial charge is 0.406 e. The first kappa shape index (κ1) is 21.6. The van der Waals surface area contributed by atoms with Crippen molar-refractivity contribution in [3.8, 4) is 5.75 Å². The van der Waals surface area contributed by atoms with E-state index in [0.717, 1.165) is 12.1 Å². The average molecular weight is 412 g/mol. The number of nitrogens with one attached hydrogen (secondary N) is 2. The Kier molecular flexibility index (Phi) is 7.74. The lowest BCUT2D eigenvalue weighted by atomic mass is 10.1. The Labute approximate surface area is 164 Å². The van der Waals surface area contributed by atoms with Gasteiger partial charge >= 0.3 is 6.36 Å². The van der Waals surface area contributed by atoms with Crippen LogP contribution in [0.25, 0.3) is 0 Å². The summed E-state index contributed by atoms with van der Waals surface area (Å²) >= 11 is 1.51. The van der Waals surface area contributed by atoms with Crippen molar-refractivity contribution in [1.82, 2.24) is 5.32 Å². The van der Waals surface area contributed by atoms with Gasteiger partial charge in [-0.15, -0.1) is 13.2 Å². The van der Waals surface area contributed by atoms with Crippen LogP contribution in [0.4, 0.5) is 18.9 Å². The molecule has 0 spiro atoms. The van der Waals surface area contributed by atoms with E-state index >= 15 is 0 Å². The van der Waals surface area contributed by atoms with Crippen LogP contribution in [0, 0.1) is 0 Å². The number of hydrogen-bond donors (Lipinski definition) is 2. The standard InChI is InChI=1S/C19H19F3N2O3S/c1-28-11-10-16(24-17(25)13-6-3-2-4-7-13)18(26)23-14-8-5-9-15(12-14)27-19(20,21)22/h2-9,12,16H,10-11H2,1H3,(H,23,26)(H,24,25). The number of amides is 2. The molecule has 0 saturated heterocycles. The van der Waals surface area contributed by atoms with Crippen LogP contribution in [-0.2, 0) is 4.79 Å². The Bertz CT molecular complexity index is 801. The number of ether oxygens (including phenoxy) is 1. The van der Waals surface area contributed by atoms with Gasteiger partial charge in [0, 0.05) is 17.3 Å². The van der Waals surface area contributed by atoms with Crippen LogP contribution < -0.4 is 15.4 Å². The molecular formula is C19H19F3N2O3S. The largest absolute Gasteiger partial charge is 0.573 e. The van der Waals surface area contributed by atoms with Crippen LogP contribution in [0.1, 0.15) is 16.8 Å². The van der Waals surface area contributed by atoms with Gasteiger partial charge in [-0.05, 0) is 42.7 Å². The third kappa shape index (κ3) is 7.15. The molecule has 9 heteroatoms. The molecule has 1 unspecified atom stereocenters. The molecule has 0 fully saturated rings. The molecule has 2 aromatic rings. The lowest BCUT2D eigenvalue weighted by Gasteiger charge is -2.18.